The summed E-state index contributed by atoms with van der Waals surface area (Å²) in [5.41, 5.74) is 2.10. The number of furan rings is 1. The van der Waals surface area contributed by atoms with E-state index in [-0.39, 0.29) is 5.78 Å². The van der Waals surface area contributed by atoms with Crippen molar-refractivity contribution in [2.75, 3.05) is 0 Å². The van der Waals surface area contributed by atoms with E-state index in [0.29, 0.717) is 17.0 Å². The normalized spacial score (nSPS) is 11.0. The number of thiazole rings is 1. The lowest BCUT2D eigenvalue weighted by molar-refractivity contribution is 0.101. The van der Waals surface area contributed by atoms with Crippen LogP contribution in [0.3, 0.4) is 0 Å². The molecule has 0 fully saturated rings. The Bertz CT molecular complexity index is 1000. The molecular formula is C18H10BrNO2S. The first-order valence-electron chi connectivity index (χ1n) is 6.95. The predicted octanol–water partition coefficient (Wildman–Crippen LogP) is 5.55. The van der Waals surface area contributed by atoms with E-state index in [0.717, 1.165) is 20.4 Å². The number of aromatic nitrogens is 1. The van der Waals surface area contributed by atoms with Gasteiger partial charge in [-0.25, -0.2) is 4.98 Å². The SMILES string of the molecule is O=C(c1csc(-c2ccccc2)n1)c1cc2cc(Br)ccc2o1. The monoisotopic (exact) mass is 383 g/mol. The van der Waals surface area contributed by atoms with Crippen molar-refractivity contribution >= 4 is 44.0 Å². The summed E-state index contributed by atoms with van der Waals surface area (Å²) in [5, 5.41) is 3.49. The minimum atomic E-state index is -0.198. The summed E-state index contributed by atoms with van der Waals surface area (Å²) >= 11 is 4.87. The van der Waals surface area contributed by atoms with Crippen molar-refractivity contribution < 1.29 is 9.21 Å². The maximum absolute atomic E-state index is 12.6. The maximum atomic E-state index is 12.6. The van der Waals surface area contributed by atoms with Gasteiger partial charge >= 0.3 is 0 Å². The predicted molar refractivity (Wildman–Crippen MR) is 94.9 cm³/mol. The van der Waals surface area contributed by atoms with Crippen molar-refractivity contribution in [1.29, 1.82) is 0 Å². The van der Waals surface area contributed by atoms with Crippen molar-refractivity contribution in [2.24, 2.45) is 0 Å². The Morgan fingerprint density at radius 2 is 1.91 bits per heavy atom. The van der Waals surface area contributed by atoms with Crippen LogP contribution in [0.4, 0.5) is 0 Å². The van der Waals surface area contributed by atoms with Crippen LogP contribution in [0.2, 0.25) is 0 Å². The largest absolute Gasteiger partial charge is 0.453 e. The Morgan fingerprint density at radius 3 is 2.74 bits per heavy atom. The molecule has 0 aliphatic carbocycles. The van der Waals surface area contributed by atoms with Gasteiger partial charge in [0.1, 0.15) is 16.3 Å². The molecule has 3 nitrogen and oxygen atoms in total. The molecule has 0 saturated heterocycles. The van der Waals surface area contributed by atoms with E-state index >= 15 is 0 Å². The third-order valence-corrected chi connectivity index (χ3v) is 4.84. The van der Waals surface area contributed by atoms with E-state index < -0.39 is 0 Å². The second-order valence-electron chi connectivity index (χ2n) is 5.03. The van der Waals surface area contributed by atoms with Gasteiger partial charge in [-0.1, -0.05) is 46.3 Å². The van der Waals surface area contributed by atoms with Crippen LogP contribution in [0.1, 0.15) is 16.2 Å². The Morgan fingerprint density at radius 1 is 1.09 bits per heavy atom. The van der Waals surface area contributed by atoms with Gasteiger partial charge in [-0.05, 0) is 24.3 Å². The third-order valence-electron chi connectivity index (χ3n) is 3.46. The molecule has 2 aromatic heterocycles. The van der Waals surface area contributed by atoms with Crippen molar-refractivity contribution in [3.8, 4) is 10.6 Å². The van der Waals surface area contributed by atoms with E-state index in [4.69, 9.17) is 4.42 Å². The summed E-state index contributed by atoms with van der Waals surface area (Å²) < 4.78 is 6.60. The van der Waals surface area contributed by atoms with Crippen LogP contribution in [0.15, 0.2) is 68.9 Å². The summed E-state index contributed by atoms with van der Waals surface area (Å²) in [6, 6.07) is 17.2. The highest BCUT2D eigenvalue weighted by Crippen LogP contribution is 2.27. The highest BCUT2D eigenvalue weighted by Gasteiger charge is 2.18. The van der Waals surface area contributed by atoms with Crippen LogP contribution in [-0.2, 0) is 0 Å². The Labute approximate surface area is 144 Å². The number of nitrogens with zero attached hydrogens (tertiary/aromatic N) is 1. The Hall–Kier alpha value is -2.24. The Kier molecular flexibility index (Phi) is 3.59. The summed E-state index contributed by atoms with van der Waals surface area (Å²) in [5.74, 6) is 0.110. The number of carbonyl (C=O) groups is 1. The number of hydrogen-bond donors (Lipinski definition) is 0. The first-order chi connectivity index (χ1) is 11.2. The second-order valence-corrected chi connectivity index (χ2v) is 6.80. The van der Waals surface area contributed by atoms with Crippen LogP contribution >= 0.6 is 27.3 Å². The van der Waals surface area contributed by atoms with E-state index in [9.17, 15) is 4.79 Å². The first-order valence-corrected chi connectivity index (χ1v) is 8.63. The van der Waals surface area contributed by atoms with Gasteiger partial charge in [0.2, 0.25) is 5.78 Å². The van der Waals surface area contributed by atoms with Gasteiger partial charge < -0.3 is 4.42 Å². The molecule has 0 amide bonds. The number of hydrogen-bond acceptors (Lipinski definition) is 4. The molecular weight excluding hydrogens is 374 g/mol. The molecule has 112 valence electrons. The lowest BCUT2D eigenvalue weighted by Crippen LogP contribution is -1.99. The van der Waals surface area contributed by atoms with Crippen molar-refractivity contribution in [3.63, 3.8) is 0 Å². The summed E-state index contributed by atoms with van der Waals surface area (Å²) in [7, 11) is 0. The van der Waals surface area contributed by atoms with Gasteiger partial charge in [0.05, 0.1) is 0 Å². The number of fused-ring (bicyclic) bond motifs is 1. The van der Waals surface area contributed by atoms with E-state index in [2.05, 4.69) is 20.9 Å². The summed E-state index contributed by atoms with van der Waals surface area (Å²) in [4.78, 5) is 17.0. The zero-order valence-corrected chi connectivity index (χ0v) is 14.2. The zero-order valence-electron chi connectivity index (χ0n) is 11.8. The number of carbonyl (C=O) groups excluding carboxylic acids is 1. The zero-order chi connectivity index (χ0) is 15.8. The standard InChI is InChI=1S/C18H10BrNO2S/c19-13-6-7-15-12(8-13)9-16(22-15)17(21)14-10-23-18(20-14)11-4-2-1-3-5-11/h1-10H. The van der Waals surface area contributed by atoms with Gasteiger partial charge in [-0.3, -0.25) is 4.79 Å². The summed E-state index contributed by atoms with van der Waals surface area (Å²) in [6.07, 6.45) is 0. The van der Waals surface area contributed by atoms with E-state index in [1.807, 2.05) is 48.5 Å². The maximum Gasteiger partial charge on any atom is 0.247 e. The van der Waals surface area contributed by atoms with Crippen LogP contribution in [0.5, 0.6) is 0 Å². The molecule has 0 bridgehead atoms. The molecule has 0 radical (unpaired) electrons. The number of halogens is 1. The smallest absolute Gasteiger partial charge is 0.247 e. The fraction of sp³-hybridized carbons (Fsp3) is 0. The van der Waals surface area contributed by atoms with Gasteiger partial charge in [0, 0.05) is 20.8 Å². The van der Waals surface area contributed by atoms with E-state index in [1.165, 1.54) is 11.3 Å². The van der Waals surface area contributed by atoms with Crippen LogP contribution < -0.4 is 0 Å². The fourth-order valence-electron chi connectivity index (χ4n) is 2.34. The van der Waals surface area contributed by atoms with Crippen molar-refractivity contribution in [2.45, 2.75) is 0 Å². The molecule has 23 heavy (non-hydrogen) atoms. The van der Waals surface area contributed by atoms with Crippen molar-refractivity contribution in [1.82, 2.24) is 4.98 Å². The minimum absolute atomic E-state index is 0.198. The number of benzene rings is 2. The molecule has 0 atom stereocenters. The van der Waals surface area contributed by atoms with Gasteiger partial charge in [0.15, 0.2) is 5.76 Å². The van der Waals surface area contributed by atoms with Crippen LogP contribution in [-0.4, -0.2) is 10.8 Å². The van der Waals surface area contributed by atoms with Crippen molar-refractivity contribution in [3.05, 3.63) is 75.9 Å². The molecule has 0 aliphatic rings. The Balaban J connectivity index is 1.69. The molecule has 0 saturated carbocycles. The van der Waals surface area contributed by atoms with Crippen LogP contribution in [0.25, 0.3) is 21.5 Å². The topological polar surface area (TPSA) is 43.1 Å². The second kappa shape index (κ2) is 5.76. The van der Waals surface area contributed by atoms with Crippen LogP contribution in [0, 0.1) is 0 Å². The fourth-order valence-corrected chi connectivity index (χ4v) is 3.53. The molecule has 2 heterocycles. The molecule has 0 N–H and O–H groups in total. The molecule has 0 unspecified atom stereocenters. The molecule has 5 heteroatoms. The average Bonchev–Trinajstić information content (AvgIpc) is 3.21. The van der Waals surface area contributed by atoms with Gasteiger partial charge in [-0.15, -0.1) is 11.3 Å². The average molecular weight is 384 g/mol. The molecule has 4 rings (SSSR count). The van der Waals surface area contributed by atoms with Gasteiger partial charge in [-0.2, -0.15) is 0 Å². The third kappa shape index (κ3) is 2.73. The highest BCUT2D eigenvalue weighted by atomic mass is 79.9. The van der Waals surface area contributed by atoms with Gasteiger partial charge in [0.25, 0.3) is 0 Å². The molecule has 4 aromatic rings. The minimum Gasteiger partial charge on any atom is -0.453 e. The number of ketones is 1. The lowest BCUT2D eigenvalue weighted by Gasteiger charge is -1.94. The molecule has 0 aliphatic heterocycles. The number of rotatable bonds is 3. The molecule has 2 aromatic carbocycles. The summed E-state index contributed by atoms with van der Waals surface area (Å²) in [6.45, 7) is 0. The first kappa shape index (κ1) is 14.4. The molecule has 0 spiro atoms. The highest BCUT2D eigenvalue weighted by molar-refractivity contribution is 9.10. The van der Waals surface area contributed by atoms with E-state index in [1.54, 1.807) is 11.4 Å². The quantitative estimate of drug-likeness (QED) is 0.435. The lowest BCUT2D eigenvalue weighted by atomic mass is 10.2.